The Balaban J connectivity index is 2.29. The zero-order valence-electron chi connectivity index (χ0n) is 12.0. The molecule has 1 N–H and O–H groups in total. The minimum Gasteiger partial charge on any atom is -0.491 e. The summed E-state index contributed by atoms with van der Waals surface area (Å²) >= 11 is 0. The minimum atomic E-state index is -0.927. The molecular weight excluding hydrogens is 277 g/mol. The first-order chi connectivity index (χ1) is 10.0. The van der Waals surface area contributed by atoms with E-state index in [2.05, 4.69) is 0 Å². The summed E-state index contributed by atoms with van der Waals surface area (Å²) in [4.78, 5) is 23.9. The fourth-order valence-corrected chi connectivity index (χ4v) is 1.82. The van der Waals surface area contributed by atoms with Gasteiger partial charge in [0.2, 0.25) is 5.91 Å². The monoisotopic (exact) mass is 297 g/mol. The van der Waals surface area contributed by atoms with Gasteiger partial charge < -0.3 is 14.7 Å². The third-order valence-corrected chi connectivity index (χ3v) is 2.96. The first-order valence-corrected chi connectivity index (χ1v) is 6.91. The number of benzene rings is 1. The standard InChI is InChI=1S/C15H20FNO4/c1-2-17(10-9-15(19)20)14(18)8-5-11-21-13-7-4-3-6-12(13)16/h3-4,6-7H,2,5,8-11H2,1H3,(H,19,20). The molecule has 0 fully saturated rings. The highest BCUT2D eigenvalue weighted by Gasteiger charge is 2.12. The Morgan fingerprint density at radius 2 is 2.00 bits per heavy atom. The van der Waals surface area contributed by atoms with Gasteiger partial charge in [-0.15, -0.1) is 0 Å². The summed E-state index contributed by atoms with van der Waals surface area (Å²) < 4.78 is 18.5. The third kappa shape index (κ3) is 6.25. The molecule has 1 rings (SSSR count). The van der Waals surface area contributed by atoms with E-state index in [1.807, 2.05) is 0 Å². The van der Waals surface area contributed by atoms with Crippen LogP contribution in [0.3, 0.4) is 0 Å². The largest absolute Gasteiger partial charge is 0.491 e. The second kappa shape index (κ2) is 8.94. The average Bonchev–Trinajstić information content (AvgIpc) is 2.45. The average molecular weight is 297 g/mol. The van der Waals surface area contributed by atoms with Gasteiger partial charge in [-0.05, 0) is 25.5 Å². The van der Waals surface area contributed by atoms with Crippen molar-refractivity contribution in [2.75, 3.05) is 19.7 Å². The molecule has 21 heavy (non-hydrogen) atoms. The van der Waals surface area contributed by atoms with E-state index in [1.54, 1.807) is 19.1 Å². The van der Waals surface area contributed by atoms with Crippen LogP contribution in [0.4, 0.5) is 4.39 Å². The number of amides is 1. The minimum absolute atomic E-state index is 0.0642. The summed E-state index contributed by atoms with van der Waals surface area (Å²) in [6.45, 7) is 2.72. The van der Waals surface area contributed by atoms with E-state index in [0.29, 0.717) is 13.0 Å². The molecule has 0 heterocycles. The Hall–Kier alpha value is -2.11. The summed E-state index contributed by atoms with van der Waals surface area (Å²) in [6.07, 6.45) is 0.643. The number of rotatable bonds is 9. The Morgan fingerprint density at radius 3 is 2.62 bits per heavy atom. The predicted molar refractivity (Wildman–Crippen MR) is 75.6 cm³/mol. The van der Waals surface area contributed by atoms with Crippen LogP contribution in [0.25, 0.3) is 0 Å². The van der Waals surface area contributed by atoms with E-state index < -0.39 is 11.8 Å². The summed E-state index contributed by atoms with van der Waals surface area (Å²) in [7, 11) is 0. The molecule has 116 valence electrons. The van der Waals surface area contributed by atoms with Crippen molar-refractivity contribution in [2.24, 2.45) is 0 Å². The Morgan fingerprint density at radius 1 is 1.29 bits per heavy atom. The van der Waals surface area contributed by atoms with Gasteiger partial charge in [0.1, 0.15) is 0 Å². The molecule has 6 heteroatoms. The summed E-state index contributed by atoms with van der Waals surface area (Å²) in [6, 6.07) is 6.09. The van der Waals surface area contributed by atoms with Gasteiger partial charge in [-0.1, -0.05) is 12.1 Å². The molecule has 0 aliphatic heterocycles. The van der Waals surface area contributed by atoms with Crippen LogP contribution in [0.5, 0.6) is 5.75 Å². The highest BCUT2D eigenvalue weighted by molar-refractivity contribution is 5.77. The highest BCUT2D eigenvalue weighted by atomic mass is 19.1. The molecule has 1 aromatic carbocycles. The van der Waals surface area contributed by atoms with Gasteiger partial charge in [0.25, 0.3) is 0 Å². The number of nitrogens with zero attached hydrogens (tertiary/aromatic N) is 1. The molecule has 0 aliphatic rings. The van der Waals surface area contributed by atoms with Crippen LogP contribution in [-0.4, -0.2) is 41.6 Å². The van der Waals surface area contributed by atoms with Gasteiger partial charge in [-0.3, -0.25) is 9.59 Å². The molecular formula is C15H20FNO4. The second-order valence-corrected chi connectivity index (χ2v) is 4.50. The molecule has 0 radical (unpaired) electrons. The lowest BCUT2D eigenvalue weighted by Crippen LogP contribution is -2.32. The van der Waals surface area contributed by atoms with Gasteiger partial charge in [-0.25, -0.2) is 4.39 Å². The van der Waals surface area contributed by atoms with Crippen molar-refractivity contribution in [3.05, 3.63) is 30.1 Å². The fraction of sp³-hybridized carbons (Fsp3) is 0.467. The van der Waals surface area contributed by atoms with Crippen molar-refractivity contribution >= 4 is 11.9 Å². The maximum absolute atomic E-state index is 13.3. The second-order valence-electron chi connectivity index (χ2n) is 4.50. The Kier molecular flexibility index (Phi) is 7.21. The van der Waals surface area contributed by atoms with Gasteiger partial charge in [0.15, 0.2) is 11.6 Å². The Labute approximate surface area is 123 Å². The third-order valence-electron chi connectivity index (χ3n) is 2.96. The smallest absolute Gasteiger partial charge is 0.305 e. The van der Waals surface area contributed by atoms with E-state index in [4.69, 9.17) is 9.84 Å². The molecule has 0 saturated heterocycles. The lowest BCUT2D eigenvalue weighted by Gasteiger charge is -2.19. The zero-order valence-corrected chi connectivity index (χ0v) is 12.0. The lowest BCUT2D eigenvalue weighted by atomic mass is 10.2. The molecule has 1 aromatic rings. The van der Waals surface area contributed by atoms with Gasteiger partial charge >= 0.3 is 5.97 Å². The van der Waals surface area contributed by atoms with Crippen molar-refractivity contribution in [1.82, 2.24) is 4.90 Å². The molecule has 0 bridgehead atoms. The van der Waals surface area contributed by atoms with E-state index >= 15 is 0 Å². The zero-order chi connectivity index (χ0) is 15.7. The lowest BCUT2D eigenvalue weighted by molar-refractivity contribution is -0.138. The van der Waals surface area contributed by atoms with Crippen molar-refractivity contribution < 1.29 is 23.8 Å². The van der Waals surface area contributed by atoms with Gasteiger partial charge in [-0.2, -0.15) is 0 Å². The number of aliphatic carboxylic acids is 1. The van der Waals surface area contributed by atoms with Crippen LogP contribution in [0.15, 0.2) is 24.3 Å². The van der Waals surface area contributed by atoms with Crippen molar-refractivity contribution in [3.63, 3.8) is 0 Å². The first kappa shape index (κ1) is 16.9. The van der Waals surface area contributed by atoms with E-state index in [1.165, 1.54) is 17.0 Å². The normalized spacial score (nSPS) is 10.2. The van der Waals surface area contributed by atoms with Crippen LogP contribution < -0.4 is 4.74 Å². The van der Waals surface area contributed by atoms with Crippen LogP contribution in [0.1, 0.15) is 26.2 Å². The number of halogens is 1. The maximum atomic E-state index is 13.3. The van der Waals surface area contributed by atoms with Crippen molar-refractivity contribution in [3.8, 4) is 5.75 Å². The number of carbonyl (C=O) groups is 2. The van der Waals surface area contributed by atoms with Crippen LogP contribution >= 0.6 is 0 Å². The molecule has 0 aliphatic carbocycles. The molecule has 0 atom stereocenters. The molecule has 1 amide bonds. The quantitative estimate of drug-likeness (QED) is 0.710. The molecule has 0 aromatic heterocycles. The van der Waals surface area contributed by atoms with E-state index in [0.717, 1.165) is 0 Å². The summed E-state index contributed by atoms with van der Waals surface area (Å²) in [5, 5.41) is 8.61. The summed E-state index contributed by atoms with van der Waals surface area (Å²) in [5.74, 6) is -1.30. The van der Waals surface area contributed by atoms with Gasteiger partial charge in [0.05, 0.1) is 13.0 Å². The number of para-hydroxylation sites is 1. The number of hydrogen-bond donors (Lipinski definition) is 1. The topological polar surface area (TPSA) is 66.8 Å². The number of carboxylic acid groups (broad SMARTS) is 1. The molecule has 0 unspecified atom stereocenters. The number of ether oxygens (including phenoxy) is 1. The first-order valence-electron chi connectivity index (χ1n) is 6.91. The van der Waals surface area contributed by atoms with E-state index in [9.17, 15) is 14.0 Å². The van der Waals surface area contributed by atoms with Gasteiger partial charge in [0, 0.05) is 19.5 Å². The van der Waals surface area contributed by atoms with Crippen LogP contribution in [-0.2, 0) is 9.59 Å². The number of carbonyl (C=O) groups excluding carboxylic acids is 1. The Bertz CT molecular complexity index is 478. The maximum Gasteiger partial charge on any atom is 0.305 e. The van der Waals surface area contributed by atoms with Crippen molar-refractivity contribution in [1.29, 1.82) is 0 Å². The SMILES string of the molecule is CCN(CCC(=O)O)C(=O)CCCOc1ccccc1F. The van der Waals surface area contributed by atoms with Crippen LogP contribution in [0, 0.1) is 5.82 Å². The number of carboxylic acids is 1. The van der Waals surface area contributed by atoms with Crippen molar-refractivity contribution in [2.45, 2.75) is 26.2 Å². The molecule has 0 saturated carbocycles. The summed E-state index contributed by atoms with van der Waals surface area (Å²) in [5.41, 5.74) is 0. The van der Waals surface area contributed by atoms with E-state index in [-0.39, 0.29) is 37.6 Å². The predicted octanol–water partition coefficient (Wildman–Crippen LogP) is 2.31. The highest BCUT2D eigenvalue weighted by Crippen LogP contribution is 2.15. The van der Waals surface area contributed by atoms with Crippen LogP contribution in [0.2, 0.25) is 0 Å². The fourth-order valence-electron chi connectivity index (χ4n) is 1.82. The molecule has 0 spiro atoms. The number of hydrogen-bond acceptors (Lipinski definition) is 3. The molecule has 5 nitrogen and oxygen atoms in total.